The van der Waals surface area contributed by atoms with E-state index in [1.807, 2.05) is 0 Å². The van der Waals surface area contributed by atoms with Gasteiger partial charge in [0, 0.05) is 0 Å². The lowest BCUT2D eigenvalue weighted by molar-refractivity contribution is 0.449. The lowest BCUT2D eigenvalue weighted by Gasteiger charge is -2.13. The van der Waals surface area contributed by atoms with Crippen molar-refractivity contribution in [2.75, 3.05) is 6.54 Å². The standard InChI is InChI=1S/C36H76N2/c1-3-5-7-9-11-13-15-17-19-21-23-25-27-29-31-33-35-38-36(37)34-32-30-28-26-24-22-20-18-16-14-12-10-8-6-4-2/h36,38H,3-35,37H2,1-2H3. The molecule has 2 nitrogen and oxygen atoms in total. The van der Waals surface area contributed by atoms with E-state index >= 15 is 0 Å². The molecule has 0 spiro atoms. The number of rotatable bonds is 34. The Kier molecular flexibility index (Phi) is 34.9. The fourth-order valence-corrected chi connectivity index (χ4v) is 5.80. The lowest BCUT2D eigenvalue weighted by atomic mass is 10.0. The van der Waals surface area contributed by atoms with Gasteiger partial charge in [-0.05, 0) is 19.4 Å². The zero-order chi connectivity index (χ0) is 27.6. The second-order valence-corrected chi connectivity index (χ2v) is 12.6. The largest absolute Gasteiger partial charge is 0.316 e. The van der Waals surface area contributed by atoms with E-state index in [0.717, 1.165) is 13.0 Å². The lowest BCUT2D eigenvalue weighted by Crippen LogP contribution is -2.37. The molecule has 0 aromatic rings. The van der Waals surface area contributed by atoms with Gasteiger partial charge < -0.3 is 11.1 Å². The number of hydrogen-bond donors (Lipinski definition) is 2. The molecule has 0 aliphatic heterocycles. The van der Waals surface area contributed by atoms with E-state index in [1.165, 1.54) is 199 Å². The first-order valence-electron chi connectivity index (χ1n) is 18.3. The summed E-state index contributed by atoms with van der Waals surface area (Å²) in [5.41, 5.74) is 6.28. The fraction of sp³-hybridized carbons (Fsp3) is 1.00. The van der Waals surface area contributed by atoms with Crippen LogP contribution in [0.4, 0.5) is 0 Å². The van der Waals surface area contributed by atoms with Gasteiger partial charge in [0.15, 0.2) is 0 Å². The fourth-order valence-electron chi connectivity index (χ4n) is 5.80. The Hall–Kier alpha value is -0.0800. The molecule has 0 aliphatic carbocycles. The van der Waals surface area contributed by atoms with Gasteiger partial charge in [0.1, 0.15) is 0 Å². The van der Waals surface area contributed by atoms with Crippen LogP contribution >= 0.6 is 0 Å². The smallest absolute Gasteiger partial charge is 0.0546 e. The van der Waals surface area contributed by atoms with Crippen molar-refractivity contribution >= 4 is 0 Å². The number of nitrogens with one attached hydrogen (secondary N) is 1. The second kappa shape index (κ2) is 34.9. The Morgan fingerprint density at radius 1 is 0.342 bits per heavy atom. The van der Waals surface area contributed by atoms with Crippen molar-refractivity contribution in [3.05, 3.63) is 0 Å². The minimum absolute atomic E-state index is 0.216. The number of nitrogens with two attached hydrogens (primary N) is 1. The summed E-state index contributed by atoms with van der Waals surface area (Å²) >= 11 is 0. The SMILES string of the molecule is CCCCCCCCCCCCCCCCCCNC(N)CCCCCCCCCCCCCCCCC. The van der Waals surface area contributed by atoms with Crippen LogP contribution in [-0.4, -0.2) is 12.7 Å². The molecule has 2 heteroatoms. The second-order valence-electron chi connectivity index (χ2n) is 12.6. The Morgan fingerprint density at radius 2 is 0.579 bits per heavy atom. The predicted molar refractivity (Wildman–Crippen MR) is 175 cm³/mol. The Labute approximate surface area is 242 Å². The number of unbranched alkanes of at least 4 members (excludes halogenated alkanes) is 29. The first-order chi connectivity index (χ1) is 18.8. The zero-order valence-corrected chi connectivity index (χ0v) is 27.0. The third kappa shape index (κ3) is 33.9. The average Bonchev–Trinajstić information content (AvgIpc) is 2.92. The van der Waals surface area contributed by atoms with Gasteiger partial charge in [-0.2, -0.15) is 0 Å². The summed E-state index contributed by atoms with van der Waals surface area (Å²) in [6.07, 6.45) is 45.8. The third-order valence-corrected chi connectivity index (χ3v) is 8.56. The first kappa shape index (κ1) is 37.9. The van der Waals surface area contributed by atoms with E-state index in [2.05, 4.69) is 19.2 Å². The maximum absolute atomic E-state index is 6.28. The van der Waals surface area contributed by atoms with E-state index in [1.54, 1.807) is 0 Å². The molecule has 0 heterocycles. The molecule has 230 valence electrons. The van der Waals surface area contributed by atoms with E-state index < -0.39 is 0 Å². The molecule has 0 fully saturated rings. The van der Waals surface area contributed by atoms with Crippen molar-refractivity contribution in [2.45, 2.75) is 225 Å². The molecule has 0 rings (SSSR count). The molecule has 0 radical (unpaired) electrons. The normalized spacial score (nSPS) is 12.4. The molecule has 0 aliphatic rings. The van der Waals surface area contributed by atoms with Crippen LogP contribution < -0.4 is 11.1 Å². The van der Waals surface area contributed by atoms with Gasteiger partial charge in [-0.3, -0.25) is 0 Å². The predicted octanol–water partition coefficient (Wildman–Crippen LogP) is 12.4. The third-order valence-electron chi connectivity index (χ3n) is 8.56. The molecular formula is C36H76N2. The molecule has 0 amide bonds. The number of hydrogen-bond acceptors (Lipinski definition) is 2. The average molecular weight is 537 g/mol. The highest BCUT2D eigenvalue weighted by Crippen LogP contribution is 2.15. The van der Waals surface area contributed by atoms with Crippen molar-refractivity contribution in [2.24, 2.45) is 5.73 Å². The van der Waals surface area contributed by atoms with Gasteiger partial charge in [0.25, 0.3) is 0 Å². The molecule has 1 unspecified atom stereocenters. The summed E-state index contributed by atoms with van der Waals surface area (Å²) < 4.78 is 0. The highest BCUT2D eigenvalue weighted by atomic mass is 15.0. The van der Waals surface area contributed by atoms with Crippen LogP contribution in [0.1, 0.15) is 219 Å². The molecule has 38 heavy (non-hydrogen) atoms. The molecule has 0 aromatic heterocycles. The van der Waals surface area contributed by atoms with Crippen molar-refractivity contribution in [3.8, 4) is 0 Å². The minimum Gasteiger partial charge on any atom is -0.316 e. The van der Waals surface area contributed by atoms with Gasteiger partial charge in [-0.15, -0.1) is 0 Å². The van der Waals surface area contributed by atoms with Crippen LogP contribution in [0.15, 0.2) is 0 Å². The van der Waals surface area contributed by atoms with E-state index in [9.17, 15) is 0 Å². The quantitative estimate of drug-likeness (QED) is 0.0633. The van der Waals surface area contributed by atoms with Crippen molar-refractivity contribution in [3.63, 3.8) is 0 Å². The maximum Gasteiger partial charge on any atom is 0.0546 e. The summed E-state index contributed by atoms with van der Waals surface area (Å²) in [7, 11) is 0. The van der Waals surface area contributed by atoms with Crippen LogP contribution in [0, 0.1) is 0 Å². The van der Waals surface area contributed by atoms with Gasteiger partial charge in [-0.1, -0.05) is 206 Å². The molecule has 0 bridgehead atoms. The van der Waals surface area contributed by atoms with Gasteiger partial charge in [-0.25, -0.2) is 0 Å². The molecule has 0 saturated heterocycles. The molecule has 0 aromatic carbocycles. The van der Waals surface area contributed by atoms with E-state index in [-0.39, 0.29) is 6.17 Å². The Bertz CT molecular complexity index is 397. The molecular weight excluding hydrogens is 460 g/mol. The summed E-state index contributed by atoms with van der Waals surface area (Å²) in [4.78, 5) is 0. The van der Waals surface area contributed by atoms with E-state index in [0.29, 0.717) is 0 Å². The summed E-state index contributed by atoms with van der Waals surface area (Å²) in [5.74, 6) is 0. The van der Waals surface area contributed by atoms with Crippen molar-refractivity contribution in [1.82, 2.24) is 5.32 Å². The van der Waals surface area contributed by atoms with Crippen molar-refractivity contribution in [1.29, 1.82) is 0 Å². The maximum atomic E-state index is 6.28. The van der Waals surface area contributed by atoms with Gasteiger partial charge in [0.2, 0.25) is 0 Å². The van der Waals surface area contributed by atoms with Crippen LogP contribution in [0.3, 0.4) is 0 Å². The van der Waals surface area contributed by atoms with Crippen LogP contribution in [0.2, 0.25) is 0 Å². The summed E-state index contributed by atoms with van der Waals surface area (Å²) in [6, 6.07) is 0. The topological polar surface area (TPSA) is 38.0 Å². The molecule has 1 atom stereocenters. The van der Waals surface area contributed by atoms with Crippen LogP contribution in [0.5, 0.6) is 0 Å². The summed E-state index contributed by atoms with van der Waals surface area (Å²) in [6.45, 7) is 5.71. The van der Waals surface area contributed by atoms with Gasteiger partial charge in [0.05, 0.1) is 6.17 Å². The van der Waals surface area contributed by atoms with Crippen LogP contribution in [0.25, 0.3) is 0 Å². The molecule has 3 N–H and O–H groups in total. The van der Waals surface area contributed by atoms with Crippen LogP contribution in [-0.2, 0) is 0 Å². The molecule has 0 saturated carbocycles. The zero-order valence-electron chi connectivity index (χ0n) is 27.0. The highest BCUT2D eigenvalue weighted by molar-refractivity contribution is 4.60. The first-order valence-corrected chi connectivity index (χ1v) is 18.3. The Morgan fingerprint density at radius 3 is 0.868 bits per heavy atom. The van der Waals surface area contributed by atoms with E-state index in [4.69, 9.17) is 5.73 Å². The highest BCUT2D eigenvalue weighted by Gasteiger charge is 2.01. The monoisotopic (exact) mass is 537 g/mol. The van der Waals surface area contributed by atoms with Gasteiger partial charge >= 0.3 is 0 Å². The summed E-state index contributed by atoms with van der Waals surface area (Å²) in [5, 5.41) is 3.56. The minimum atomic E-state index is 0.216. The Balaban J connectivity index is 3.13. The van der Waals surface area contributed by atoms with Crippen molar-refractivity contribution < 1.29 is 0 Å².